The van der Waals surface area contributed by atoms with Crippen LogP contribution in [0.4, 0.5) is 4.39 Å². The lowest BCUT2D eigenvalue weighted by Crippen LogP contribution is -2.25. The Kier molecular flexibility index (Phi) is 8.73. The van der Waals surface area contributed by atoms with Crippen molar-refractivity contribution in [3.63, 3.8) is 0 Å². The van der Waals surface area contributed by atoms with E-state index in [2.05, 4.69) is 30.6 Å². The molecule has 2 N–H and O–H groups in total. The van der Waals surface area contributed by atoms with Crippen LogP contribution in [-0.2, 0) is 6.54 Å². The van der Waals surface area contributed by atoms with Gasteiger partial charge in [0, 0.05) is 12.1 Å². The fourth-order valence-electron chi connectivity index (χ4n) is 2.26. The van der Waals surface area contributed by atoms with E-state index in [-0.39, 0.29) is 5.82 Å². The molecule has 0 bridgehead atoms. The van der Waals surface area contributed by atoms with Gasteiger partial charge in [-0.15, -0.1) is 0 Å². The van der Waals surface area contributed by atoms with E-state index in [9.17, 15) is 4.39 Å². The van der Waals surface area contributed by atoms with Gasteiger partial charge in [0.2, 0.25) is 0 Å². The van der Waals surface area contributed by atoms with E-state index in [1.807, 2.05) is 6.07 Å². The van der Waals surface area contributed by atoms with Gasteiger partial charge in [-0.3, -0.25) is 4.90 Å². The van der Waals surface area contributed by atoms with Gasteiger partial charge in [-0.05, 0) is 49.7 Å². The molecule has 2 nitrogen and oxygen atoms in total. The maximum atomic E-state index is 13.7. The minimum Gasteiger partial charge on any atom is -0.320 e. The van der Waals surface area contributed by atoms with Gasteiger partial charge in [-0.1, -0.05) is 38.5 Å². The Balaban J connectivity index is 2.78. The van der Waals surface area contributed by atoms with Gasteiger partial charge in [0.05, 0.1) is 6.54 Å². The first-order valence-corrected chi connectivity index (χ1v) is 7.90. The van der Waals surface area contributed by atoms with Crippen molar-refractivity contribution in [2.75, 3.05) is 19.6 Å². The molecule has 3 heteroatoms. The molecule has 0 atom stereocenters. The Morgan fingerprint density at radius 3 is 2.33 bits per heavy atom. The van der Waals surface area contributed by atoms with Crippen LogP contribution >= 0.6 is 0 Å². The quantitative estimate of drug-likeness (QED) is 0.742. The molecule has 0 aromatic heterocycles. The van der Waals surface area contributed by atoms with Gasteiger partial charge in [0.1, 0.15) is 5.82 Å². The number of nitrogens with two attached hydrogens (primary N) is 1. The van der Waals surface area contributed by atoms with Crippen LogP contribution < -0.4 is 5.73 Å². The fourth-order valence-corrected chi connectivity index (χ4v) is 2.26. The molecule has 0 heterocycles. The van der Waals surface area contributed by atoms with Crippen LogP contribution in [-0.4, -0.2) is 24.5 Å². The predicted molar refractivity (Wildman–Crippen MR) is 87.4 cm³/mol. The van der Waals surface area contributed by atoms with Crippen LogP contribution in [0.15, 0.2) is 18.2 Å². The lowest BCUT2D eigenvalue weighted by molar-refractivity contribution is 0.257. The summed E-state index contributed by atoms with van der Waals surface area (Å²) in [5, 5.41) is 0. The zero-order valence-electron chi connectivity index (χ0n) is 13.3. The second-order valence-electron chi connectivity index (χ2n) is 5.34. The molecule has 116 valence electrons. The number of unbranched alkanes of at least 4 members (excludes halogenated alkanes) is 2. The van der Waals surface area contributed by atoms with E-state index in [0.717, 1.165) is 25.2 Å². The van der Waals surface area contributed by atoms with Crippen molar-refractivity contribution in [3.8, 4) is 11.8 Å². The normalized spacial score (nSPS) is 10.5. The van der Waals surface area contributed by atoms with E-state index in [1.165, 1.54) is 31.7 Å². The monoisotopic (exact) mass is 290 g/mol. The molecule has 0 aliphatic carbocycles. The van der Waals surface area contributed by atoms with Crippen molar-refractivity contribution >= 4 is 0 Å². The first kappa shape index (κ1) is 17.7. The first-order chi connectivity index (χ1) is 10.2. The minimum absolute atomic E-state index is 0.222. The van der Waals surface area contributed by atoms with Gasteiger partial charge in [0.25, 0.3) is 0 Å². The molecule has 0 aliphatic heterocycles. The topological polar surface area (TPSA) is 29.3 Å². The summed E-state index contributed by atoms with van der Waals surface area (Å²) in [4.78, 5) is 2.40. The number of hydrogen-bond acceptors (Lipinski definition) is 2. The molecule has 1 aromatic carbocycles. The van der Waals surface area contributed by atoms with Gasteiger partial charge >= 0.3 is 0 Å². The average molecular weight is 290 g/mol. The third-order valence-electron chi connectivity index (χ3n) is 3.35. The van der Waals surface area contributed by atoms with Crippen molar-refractivity contribution in [2.45, 2.75) is 46.1 Å². The zero-order chi connectivity index (χ0) is 15.5. The molecule has 21 heavy (non-hydrogen) atoms. The van der Waals surface area contributed by atoms with Gasteiger partial charge in [-0.2, -0.15) is 0 Å². The van der Waals surface area contributed by atoms with E-state index < -0.39 is 0 Å². The van der Waals surface area contributed by atoms with Crippen molar-refractivity contribution in [2.24, 2.45) is 5.73 Å². The largest absolute Gasteiger partial charge is 0.320 e. The molecule has 0 spiro atoms. The maximum absolute atomic E-state index is 13.7. The van der Waals surface area contributed by atoms with Crippen LogP contribution in [0.25, 0.3) is 0 Å². The molecular weight excluding hydrogens is 263 g/mol. The predicted octanol–water partition coefficient (Wildman–Crippen LogP) is 3.54. The zero-order valence-corrected chi connectivity index (χ0v) is 13.3. The van der Waals surface area contributed by atoms with Gasteiger partial charge in [0.15, 0.2) is 0 Å². The molecule has 0 fully saturated rings. The fraction of sp³-hybridized carbons (Fsp3) is 0.556. The average Bonchev–Trinajstić information content (AvgIpc) is 2.47. The minimum atomic E-state index is -0.222. The summed E-state index contributed by atoms with van der Waals surface area (Å²) in [5.74, 6) is 5.47. The molecule has 0 unspecified atom stereocenters. The molecule has 0 saturated heterocycles. The van der Waals surface area contributed by atoms with Crippen LogP contribution in [0.5, 0.6) is 0 Å². The number of halogens is 1. The van der Waals surface area contributed by atoms with Crippen molar-refractivity contribution < 1.29 is 4.39 Å². The highest BCUT2D eigenvalue weighted by Gasteiger charge is 2.07. The summed E-state index contributed by atoms with van der Waals surface area (Å²) in [6.07, 6.45) is 4.72. The Morgan fingerprint density at radius 2 is 1.76 bits per heavy atom. The highest BCUT2D eigenvalue weighted by Crippen LogP contribution is 2.12. The van der Waals surface area contributed by atoms with Crippen molar-refractivity contribution in [1.29, 1.82) is 0 Å². The van der Waals surface area contributed by atoms with Gasteiger partial charge < -0.3 is 5.73 Å². The van der Waals surface area contributed by atoms with Crippen LogP contribution in [0.2, 0.25) is 0 Å². The standard InChI is InChI=1S/C18H27FN2/c1-3-5-10-21(11-6-4-2)15-17-12-16(8-7-9-20)13-18(19)14-17/h12-14H,3-6,9-11,15,20H2,1-2H3. The molecule has 0 aliphatic rings. The Hall–Kier alpha value is -1.37. The highest BCUT2D eigenvalue weighted by atomic mass is 19.1. The smallest absolute Gasteiger partial charge is 0.124 e. The molecule has 0 radical (unpaired) electrons. The summed E-state index contributed by atoms with van der Waals surface area (Å²) in [5.41, 5.74) is 7.07. The summed E-state index contributed by atoms with van der Waals surface area (Å²) in [6.45, 7) is 7.61. The Labute approximate surface area is 128 Å². The molecule has 0 amide bonds. The summed E-state index contributed by atoms with van der Waals surface area (Å²) in [7, 11) is 0. The summed E-state index contributed by atoms with van der Waals surface area (Å²) >= 11 is 0. The number of hydrogen-bond donors (Lipinski definition) is 1. The summed E-state index contributed by atoms with van der Waals surface area (Å²) in [6, 6.07) is 5.05. The summed E-state index contributed by atoms with van der Waals surface area (Å²) < 4.78 is 13.7. The molecular formula is C18H27FN2. The third-order valence-corrected chi connectivity index (χ3v) is 3.35. The first-order valence-electron chi connectivity index (χ1n) is 7.90. The molecule has 1 aromatic rings. The second-order valence-corrected chi connectivity index (χ2v) is 5.34. The third kappa shape index (κ3) is 7.27. The Morgan fingerprint density at radius 1 is 1.10 bits per heavy atom. The van der Waals surface area contributed by atoms with E-state index in [4.69, 9.17) is 5.73 Å². The van der Waals surface area contributed by atoms with Crippen LogP contribution in [0.1, 0.15) is 50.7 Å². The number of rotatable bonds is 8. The lowest BCUT2D eigenvalue weighted by atomic mass is 10.1. The van der Waals surface area contributed by atoms with Gasteiger partial charge in [-0.25, -0.2) is 4.39 Å². The number of nitrogens with zero attached hydrogens (tertiary/aromatic N) is 1. The number of benzene rings is 1. The van der Waals surface area contributed by atoms with Crippen molar-refractivity contribution in [1.82, 2.24) is 4.90 Å². The molecule has 1 rings (SSSR count). The Bertz CT molecular complexity index is 466. The highest BCUT2D eigenvalue weighted by molar-refractivity contribution is 5.38. The van der Waals surface area contributed by atoms with Crippen molar-refractivity contribution in [3.05, 3.63) is 35.1 Å². The van der Waals surface area contributed by atoms with Crippen LogP contribution in [0.3, 0.4) is 0 Å². The second kappa shape index (κ2) is 10.4. The van der Waals surface area contributed by atoms with E-state index in [1.54, 1.807) is 6.07 Å². The van der Waals surface area contributed by atoms with Crippen LogP contribution in [0, 0.1) is 17.7 Å². The maximum Gasteiger partial charge on any atom is 0.124 e. The van der Waals surface area contributed by atoms with E-state index >= 15 is 0 Å². The lowest BCUT2D eigenvalue weighted by Gasteiger charge is -2.22. The molecule has 0 saturated carbocycles. The van der Waals surface area contributed by atoms with E-state index in [0.29, 0.717) is 12.1 Å². The SMILES string of the molecule is CCCCN(CCCC)Cc1cc(F)cc(C#CCN)c1.